The highest BCUT2D eigenvalue weighted by molar-refractivity contribution is 5.87. The summed E-state index contributed by atoms with van der Waals surface area (Å²) in [6.45, 7) is 4.05. The van der Waals surface area contributed by atoms with E-state index in [0.29, 0.717) is 25.9 Å². The summed E-state index contributed by atoms with van der Waals surface area (Å²) in [5.74, 6) is 0.952. The molecule has 1 saturated carbocycles. The lowest BCUT2D eigenvalue weighted by Crippen LogP contribution is -2.44. The van der Waals surface area contributed by atoms with Crippen molar-refractivity contribution in [3.05, 3.63) is 23.9 Å². The number of aromatic nitrogens is 2. The molecule has 2 fully saturated rings. The molecule has 0 radical (unpaired) electrons. The van der Waals surface area contributed by atoms with Crippen LogP contribution in [0.3, 0.4) is 0 Å². The van der Waals surface area contributed by atoms with E-state index in [9.17, 15) is 4.79 Å². The summed E-state index contributed by atoms with van der Waals surface area (Å²) in [5.41, 5.74) is 2.09. The van der Waals surface area contributed by atoms with Crippen molar-refractivity contribution in [2.75, 3.05) is 26.9 Å². The number of ether oxygens (including phenoxy) is 3. The fourth-order valence-electron chi connectivity index (χ4n) is 4.28. The summed E-state index contributed by atoms with van der Waals surface area (Å²) in [4.78, 5) is 15.4. The molecule has 1 aliphatic heterocycles. The molecule has 2 atom stereocenters. The first-order valence-electron chi connectivity index (χ1n) is 11.1. The van der Waals surface area contributed by atoms with Crippen molar-refractivity contribution < 1.29 is 19.0 Å². The minimum atomic E-state index is -0.299. The van der Waals surface area contributed by atoms with Gasteiger partial charge in [0.2, 0.25) is 0 Å². The molecule has 30 heavy (non-hydrogen) atoms. The Morgan fingerprint density at radius 1 is 1.30 bits per heavy atom. The number of methoxy groups -OCH3 is 1. The fraction of sp³-hybridized carbons (Fsp3) is 0.652. The van der Waals surface area contributed by atoms with Gasteiger partial charge in [-0.25, -0.2) is 0 Å². The van der Waals surface area contributed by atoms with Gasteiger partial charge in [0, 0.05) is 39.8 Å². The van der Waals surface area contributed by atoms with Gasteiger partial charge in [0.25, 0.3) is 5.91 Å². The lowest BCUT2D eigenvalue weighted by molar-refractivity contribution is -0.149. The zero-order valence-electron chi connectivity index (χ0n) is 18.3. The van der Waals surface area contributed by atoms with Crippen LogP contribution in [0, 0.1) is 0 Å². The molecule has 0 spiro atoms. The van der Waals surface area contributed by atoms with E-state index < -0.39 is 0 Å². The molecule has 7 nitrogen and oxygen atoms in total. The van der Waals surface area contributed by atoms with Crippen molar-refractivity contribution in [3.8, 4) is 5.75 Å². The zero-order chi connectivity index (χ0) is 21.1. The largest absolute Gasteiger partial charge is 0.493 e. The summed E-state index contributed by atoms with van der Waals surface area (Å²) in [5, 5.41) is 5.41. The average molecular weight is 416 g/mol. The first-order chi connectivity index (χ1) is 14.6. The maximum Gasteiger partial charge on any atom is 0.252 e. The minimum absolute atomic E-state index is 0.0452. The Morgan fingerprint density at radius 3 is 2.83 bits per heavy atom. The number of benzene rings is 1. The van der Waals surface area contributed by atoms with Crippen LogP contribution < -0.4 is 4.74 Å². The topological polar surface area (TPSA) is 65.8 Å². The summed E-state index contributed by atoms with van der Waals surface area (Å²) in [7, 11) is 3.63. The second kappa shape index (κ2) is 9.35. The molecule has 1 amide bonds. The average Bonchev–Trinajstić information content (AvgIpc) is 3.53. The highest BCUT2D eigenvalue weighted by Crippen LogP contribution is 2.38. The predicted octanol–water partition coefficient (Wildman–Crippen LogP) is 3.61. The smallest absolute Gasteiger partial charge is 0.252 e. The van der Waals surface area contributed by atoms with Gasteiger partial charge < -0.3 is 19.1 Å². The molecule has 2 aliphatic rings. The second-order valence-electron chi connectivity index (χ2n) is 8.42. The SMILES string of the molecule is COCCCOc1cc([C@H](C)N(C(=O)[C@H]2CCCCO2)C2CC2)cc2c1cnn2C. The van der Waals surface area contributed by atoms with Gasteiger partial charge >= 0.3 is 0 Å². The molecule has 1 saturated heterocycles. The van der Waals surface area contributed by atoms with Crippen molar-refractivity contribution >= 4 is 16.8 Å². The number of amides is 1. The number of nitrogens with zero attached hydrogens (tertiary/aromatic N) is 3. The lowest BCUT2D eigenvalue weighted by Gasteiger charge is -2.34. The molecule has 164 valence electrons. The van der Waals surface area contributed by atoms with Gasteiger partial charge in [0.1, 0.15) is 11.9 Å². The van der Waals surface area contributed by atoms with Crippen molar-refractivity contribution in [2.24, 2.45) is 7.05 Å². The maximum absolute atomic E-state index is 13.3. The van der Waals surface area contributed by atoms with E-state index in [-0.39, 0.29) is 18.1 Å². The summed E-state index contributed by atoms with van der Waals surface area (Å²) in [6.07, 6.45) is 7.43. The lowest BCUT2D eigenvalue weighted by atomic mass is 10.0. The van der Waals surface area contributed by atoms with Crippen molar-refractivity contribution in [1.82, 2.24) is 14.7 Å². The predicted molar refractivity (Wildman–Crippen MR) is 115 cm³/mol. The summed E-state index contributed by atoms with van der Waals surface area (Å²) >= 11 is 0. The fourth-order valence-corrected chi connectivity index (χ4v) is 4.28. The van der Waals surface area contributed by atoms with E-state index in [1.165, 1.54) is 0 Å². The van der Waals surface area contributed by atoms with Crippen LogP contribution >= 0.6 is 0 Å². The van der Waals surface area contributed by atoms with Crippen LogP contribution in [-0.2, 0) is 21.3 Å². The van der Waals surface area contributed by atoms with Crippen LogP contribution in [0.25, 0.3) is 10.9 Å². The summed E-state index contributed by atoms with van der Waals surface area (Å²) in [6, 6.07) is 4.48. The molecule has 2 aromatic rings. The molecule has 1 aliphatic carbocycles. The first kappa shape index (κ1) is 21.1. The number of aryl methyl sites for hydroxylation is 1. The van der Waals surface area contributed by atoms with Crippen molar-refractivity contribution in [3.63, 3.8) is 0 Å². The normalized spacial score (nSPS) is 20.3. The standard InChI is InChI=1S/C23H33N3O4/c1-16(26(18-8-9-18)23(27)21-7-4-5-11-29-21)17-13-20-19(15-24-25(20)2)22(14-17)30-12-6-10-28-3/h13-16,18,21H,4-12H2,1-3H3/t16-,21+/m0/s1. The molecule has 0 unspecified atom stereocenters. The summed E-state index contributed by atoms with van der Waals surface area (Å²) < 4.78 is 18.9. The quantitative estimate of drug-likeness (QED) is 0.586. The van der Waals surface area contributed by atoms with E-state index in [1.807, 2.05) is 17.9 Å². The number of rotatable bonds is 9. The minimum Gasteiger partial charge on any atom is -0.493 e. The van der Waals surface area contributed by atoms with Gasteiger partial charge in [0.15, 0.2) is 0 Å². The highest BCUT2D eigenvalue weighted by Gasteiger charge is 2.40. The van der Waals surface area contributed by atoms with E-state index in [0.717, 1.165) is 60.7 Å². The number of carbonyl (C=O) groups is 1. The third kappa shape index (κ3) is 4.47. The Kier molecular flexibility index (Phi) is 6.58. The van der Waals surface area contributed by atoms with E-state index in [1.54, 1.807) is 7.11 Å². The van der Waals surface area contributed by atoms with Gasteiger partial charge in [-0.3, -0.25) is 9.48 Å². The van der Waals surface area contributed by atoms with Crippen LogP contribution in [-0.4, -0.2) is 59.7 Å². The molecule has 1 aromatic carbocycles. The number of fused-ring (bicyclic) bond motifs is 1. The molecular formula is C23H33N3O4. The van der Waals surface area contributed by atoms with Gasteiger partial charge in [-0.2, -0.15) is 5.10 Å². The molecular weight excluding hydrogens is 382 g/mol. The Labute approximate surface area is 178 Å². The molecule has 4 rings (SSSR count). The van der Waals surface area contributed by atoms with E-state index in [2.05, 4.69) is 29.1 Å². The van der Waals surface area contributed by atoms with Crippen molar-refractivity contribution in [2.45, 2.75) is 63.6 Å². The molecule has 2 heterocycles. The first-order valence-corrected chi connectivity index (χ1v) is 11.1. The van der Waals surface area contributed by atoms with Gasteiger partial charge in [-0.1, -0.05) is 0 Å². The van der Waals surface area contributed by atoms with Crippen LogP contribution in [0.2, 0.25) is 0 Å². The van der Waals surface area contributed by atoms with Crippen LogP contribution in [0.4, 0.5) is 0 Å². The zero-order valence-corrected chi connectivity index (χ0v) is 18.3. The molecule has 7 heteroatoms. The van der Waals surface area contributed by atoms with Crippen LogP contribution in [0.5, 0.6) is 5.75 Å². The molecule has 1 aromatic heterocycles. The van der Waals surface area contributed by atoms with Crippen LogP contribution in [0.1, 0.15) is 57.1 Å². The van der Waals surface area contributed by atoms with Crippen LogP contribution in [0.15, 0.2) is 18.3 Å². The Bertz CT molecular complexity index is 871. The Hall–Kier alpha value is -2.12. The molecule has 0 N–H and O–H groups in total. The third-order valence-corrected chi connectivity index (χ3v) is 6.15. The second-order valence-corrected chi connectivity index (χ2v) is 8.42. The van der Waals surface area contributed by atoms with Gasteiger partial charge in [0.05, 0.1) is 29.7 Å². The molecule has 0 bridgehead atoms. The number of hydrogen-bond acceptors (Lipinski definition) is 5. The third-order valence-electron chi connectivity index (χ3n) is 6.15. The van der Waals surface area contributed by atoms with E-state index >= 15 is 0 Å². The van der Waals surface area contributed by atoms with Crippen molar-refractivity contribution in [1.29, 1.82) is 0 Å². The van der Waals surface area contributed by atoms with E-state index in [4.69, 9.17) is 14.2 Å². The maximum atomic E-state index is 13.3. The number of hydrogen-bond donors (Lipinski definition) is 0. The Balaban J connectivity index is 1.61. The monoisotopic (exact) mass is 415 g/mol. The number of carbonyl (C=O) groups excluding carboxylic acids is 1. The van der Waals surface area contributed by atoms with Gasteiger partial charge in [-0.15, -0.1) is 0 Å². The Morgan fingerprint density at radius 2 is 2.13 bits per heavy atom. The highest BCUT2D eigenvalue weighted by atomic mass is 16.5. The van der Waals surface area contributed by atoms with Gasteiger partial charge in [-0.05, 0) is 56.7 Å².